The van der Waals surface area contributed by atoms with Crippen molar-refractivity contribution in [1.82, 2.24) is 0 Å². The van der Waals surface area contributed by atoms with Crippen LogP contribution in [0.5, 0.6) is 0 Å². The first-order chi connectivity index (χ1) is 17.0. The number of carbonyl (C=O) groups excluding carboxylic acids is 3. The average molecular weight is 471 g/mol. The molecule has 35 heavy (non-hydrogen) atoms. The summed E-state index contributed by atoms with van der Waals surface area (Å²) < 4.78 is 4.87. The number of rotatable bonds is 6. The number of amides is 3. The fourth-order valence-electron chi connectivity index (χ4n) is 4.08. The van der Waals surface area contributed by atoms with Crippen molar-refractivity contribution in [2.45, 2.75) is 6.92 Å². The van der Waals surface area contributed by atoms with Crippen LogP contribution >= 0.6 is 0 Å². The number of hydrogen-bond acceptors (Lipinski definition) is 6. The Morgan fingerprint density at radius 1 is 0.971 bits per heavy atom. The van der Waals surface area contributed by atoms with Gasteiger partial charge in [-0.15, -0.1) is 0 Å². The van der Waals surface area contributed by atoms with Crippen molar-refractivity contribution < 1.29 is 19.1 Å². The lowest BCUT2D eigenvalue weighted by Crippen LogP contribution is -2.33. The van der Waals surface area contributed by atoms with Crippen LogP contribution in [-0.2, 0) is 14.3 Å². The van der Waals surface area contributed by atoms with Crippen molar-refractivity contribution in [3.8, 4) is 0 Å². The third-order valence-corrected chi connectivity index (χ3v) is 5.68. The summed E-state index contributed by atoms with van der Waals surface area (Å²) in [5.74, 6) is -0.578. The van der Waals surface area contributed by atoms with Crippen LogP contribution in [0.2, 0.25) is 0 Å². The van der Waals surface area contributed by atoms with Gasteiger partial charge in [0, 0.05) is 37.0 Å². The highest BCUT2D eigenvalue weighted by atomic mass is 16.5. The zero-order valence-corrected chi connectivity index (χ0v) is 19.5. The number of benzene rings is 3. The Bertz CT molecular complexity index is 1290. The van der Waals surface area contributed by atoms with Crippen LogP contribution < -0.4 is 20.9 Å². The summed E-state index contributed by atoms with van der Waals surface area (Å²) in [6.45, 7) is 2.26. The van der Waals surface area contributed by atoms with E-state index < -0.39 is 12.0 Å². The summed E-state index contributed by atoms with van der Waals surface area (Å²) in [5, 5.41) is 3.37. The minimum atomic E-state index is -0.751. The number of imide groups is 1. The van der Waals surface area contributed by atoms with Gasteiger partial charge in [-0.25, -0.2) is 9.69 Å². The van der Waals surface area contributed by atoms with E-state index >= 15 is 0 Å². The zero-order valence-electron chi connectivity index (χ0n) is 19.5. The van der Waals surface area contributed by atoms with E-state index in [1.807, 2.05) is 60.7 Å². The van der Waals surface area contributed by atoms with Gasteiger partial charge < -0.3 is 20.7 Å². The van der Waals surface area contributed by atoms with Gasteiger partial charge in [0.1, 0.15) is 0 Å². The Kier molecular flexibility index (Phi) is 6.93. The molecule has 1 aliphatic rings. The number of ether oxygens (including phenoxy) is 1. The summed E-state index contributed by atoms with van der Waals surface area (Å²) >= 11 is 0. The normalized spacial score (nSPS) is 13.8. The first-order valence-corrected chi connectivity index (χ1v) is 11.1. The molecule has 0 aromatic heterocycles. The maximum Gasteiger partial charge on any atom is 0.421 e. The minimum absolute atomic E-state index is 0.0979. The molecule has 3 aromatic carbocycles. The highest BCUT2D eigenvalue weighted by Crippen LogP contribution is 2.41. The smallest absolute Gasteiger partial charge is 0.421 e. The summed E-state index contributed by atoms with van der Waals surface area (Å²) in [7, 11) is 1.24. The number of nitrogens with one attached hydrogen (secondary N) is 1. The molecule has 0 radical (unpaired) electrons. The number of carbonyl (C=O) groups is 3. The van der Waals surface area contributed by atoms with Crippen LogP contribution in [0, 0.1) is 0 Å². The quantitative estimate of drug-likeness (QED) is 0.526. The van der Waals surface area contributed by atoms with E-state index in [1.54, 1.807) is 23.1 Å². The monoisotopic (exact) mass is 470 g/mol. The van der Waals surface area contributed by atoms with Crippen molar-refractivity contribution in [2.75, 3.05) is 35.3 Å². The predicted octanol–water partition coefficient (Wildman–Crippen LogP) is 4.09. The van der Waals surface area contributed by atoms with Crippen LogP contribution in [0.3, 0.4) is 0 Å². The molecule has 3 N–H and O–H groups in total. The molecule has 1 aliphatic heterocycles. The fourth-order valence-corrected chi connectivity index (χ4v) is 4.08. The lowest BCUT2D eigenvalue weighted by Gasteiger charge is -2.21. The van der Waals surface area contributed by atoms with Crippen LogP contribution in [-0.4, -0.2) is 38.1 Å². The summed E-state index contributed by atoms with van der Waals surface area (Å²) in [6.07, 6.45) is -0.751. The van der Waals surface area contributed by atoms with Crippen molar-refractivity contribution >= 4 is 46.2 Å². The number of hydrogen-bond donors (Lipinski definition) is 2. The van der Waals surface area contributed by atoms with E-state index in [0.29, 0.717) is 41.3 Å². The van der Waals surface area contributed by atoms with E-state index in [2.05, 4.69) is 5.32 Å². The van der Waals surface area contributed by atoms with Gasteiger partial charge in [-0.05, 0) is 35.9 Å². The van der Waals surface area contributed by atoms with Gasteiger partial charge in [-0.2, -0.15) is 0 Å². The summed E-state index contributed by atoms with van der Waals surface area (Å²) in [6, 6.07) is 23.8. The van der Waals surface area contributed by atoms with Gasteiger partial charge in [-0.1, -0.05) is 48.5 Å². The molecule has 1 heterocycles. The number of nitrogens with zero attached hydrogens (tertiary/aromatic N) is 2. The van der Waals surface area contributed by atoms with Gasteiger partial charge in [0.2, 0.25) is 5.91 Å². The average Bonchev–Trinajstić information content (AvgIpc) is 3.17. The SMILES string of the molecule is COC(=O)N1C(=O)/C(=C(\Nc2ccc(N(CCN)C(C)=O)cc2)c2ccccc2)c2ccccc21. The molecular formula is C27H26N4O4. The van der Waals surface area contributed by atoms with Gasteiger partial charge in [0.05, 0.1) is 24.1 Å². The van der Waals surface area contributed by atoms with Crippen molar-refractivity contribution in [2.24, 2.45) is 5.73 Å². The number of para-hydroxylation sites is 1. The molecule has 0 fully saturated rings. The maximum absolute atomic E-state index is 13.5. The molecule has 0 unspecified atom stereocenters. The Morgan fingerprint density at radius 2 is 1.63 bits per heavy atom. The lowest BCUT2D eigenvalue weighted by molar-refractivity contribution is -0.116. The van der Waals surface area contributed by atoms with E-state index in [4.69, 9.17) is 10.5 Å². The molecule has 8 nitrogen and oxygen atoms in total. The molecule has 0 aliphatic carbocycles. The van der Waals surface area contributed by atoms with Gasteiger partial charge >= 0.3 is 6.09 Å². The van der Waals surface area contributed by atoms with Crippen molar-refractivity contribution in [3.05, 3.63) is 90.0 Å². The molecule has 3 amide bonds. The van der Waals surface area contributed by atoms with E-state index in [9.17, 15) is 14.4 Å². The lowest BCUT2D eigenvalue weighted by atomic mass is 10.00. The molecule has 0 atom stereocenters. The molecule has 8 heteroatoms. The Hall–Kier alpha value is -4.43. The standard InChI is InChI=1S/C27H26N4O4/c1-18(32)30(17-16-28)21-14-12-20(13-15-21)29-25(19-8-4-3-5-9-19)24-22-10-6-7-11-23(22)31(26(24)33)27(34)35-2/h3-15,29H,16-17,28H2,1-2H3/b25-24-. The van der Waals surface area contributed by atoms with Crippen LogP contribution in [0.1, 0.15) is 18.1 Å². The predicted molar refractivity (Wildman–Crippen MR) is 137 cm³/mol. The number of fused-ring (bicyclic) bond motifs is 1. The second-order valence-corrected chi connectivity index (χ2v) is 7.87. The topological polar surface area (TPSA) is 105 Å². The Balaban J connectivity index is 1.81. The number of anilines is 3. The second-order valence-electron chi connectivity index (χ2n) is 7.87. The van der Waals surface area contributed by atoms with Gasteiger partial charge in [0.25, 0.3) is 5.91 Å². The number of methoxy groups -OCH3 is 1. The largest absolute Gasteiger partial charge is 0.452 e. The highest BCUT2D eigenvalue weighted by molar-refractivity contribution is 6.43. The molecule has 0 spiro atoms. The van der Waals surface area contributed by atoms with E-state index in [1.165, 1.54) is 14.0 Å². The first kappa shape index (κ1) is 23.7. The van der Waals surface area contributed by atoms with Crippen molar-refractivity contribution in [1.29, 1.82) is 0 Å². The highest BCUT2D eigenvalue weighted by Gasteiger charge is 2.39. The molecule has 0 saturated carbocycles. The van der Waals surface area contributed by atoms with Crippen LogP contribution in [0.15, 0.2) is 78.9 Å². The third kappa shape index (κ3) is 4.64. The summed E-state index contributed by atoms with van der Waals surface area (Å²) in [4.78, 5) is 40.6. The molecule has 4 rings (SSSR count). The second kappa shape index (κ2) is 10.2. The first-order valence-electron chi connectivity index (χ1n) is 11.1. The maximum atomic E-state index is 13.5. The number of nitrogens with two attached hydrogens (primary N) is 1. The molecule has 3 aromatic rings. The Labute approximate surface area is 203 Å². The van der Waals surface area contributed by atoms with E-state index in [-0.39, 0.29) is 5.91 Å². The summed E-state index contributed by atoms with van der Waals surface area (Å²) in [5.41, 5.74) is 9.84. The Morgan fingerprint density at radius 3 is 2.26 bits per heavy atom. The van der Waals surface area contributed by atoms with Gasteiger partial charge in [0.15, 0.2) is 0 Å². The van der Waals surface area contributed by atoms with Crippen LogP contribution in [0.4, 0.5) is 21.9 Å². The third-order valence-electron chi connectivity index (χ3n) is 5.68. The van der Waals surface area contributed by atoms with Crippen LogP contribution in [0.25, 0.3) is 11.3 Å². The van der Waals surface area contributed by atoms with Crippen molar-refractivity contribution in [3.63, 3.8) is 0 Å². The van der Waals surface area contributed by atoms with E-state index in [0.717, 1.165) is 16.2 Å². The van der Waals surface area contributed by atoms with Gasteiger partial charge in [-0.3, -0.25) is 9.59 Å². The molecule has 0 saturated heterocycles. The molecule has 0 bridgehead atoms. The molecule has 178 valence electrons. The fraction of sp³-hybridized carbons (Fsp3) is 0.148. The minimum Gasteiger partial charge on any atom is -0.452 e. The zero-order chi connectivity index (χ0) is 24.9. The molecular weight excluding hydrogens is 444 g/mol.